The largest absolute Gasteiger partial charge is 0.300 e. The van der Waals surface area contributed by atoms with Crippen molar-refractivity contribution in [1.82, 2.24) is 9.38 Å². The van der Waals surface area contributed by atoms with Gasteiger partial charge in [-0.3, -0.25) is 4.79 Å². The van der Waals surface area contributed by atoms with E-state index >= 15 is 0 Å². The van der Waals surface area contributed by atoms with Gasteiger partial charge in [-0.05, 0) is 19.1 Å². The predicted octanol–water partition coefficient (Wildman–Crippen LogP) is 2.58. The molecule has 2 aromatic heterocycles. The number of carbonyl (C=O) groups is 1. The standard InChI is InChI=1S/C12H14N2O/c1-8(2)12-13-10(7-15)11-6-4-5-9(3)14(11)12/h4-8H,1-3H3. The summed E-state index contributed by atoms with van der Waals surface area (Å²) in [5, 5.41) is 0. The van der Waals surface area contributed by atoms with Gasteiger partial charge in [0, 0.05) is 11.6 Å². The normalized spacial score (nSPS) is 11.2. The van der Waals surface area contributed by atoms with Gasteiger partial charge in [0.1, 0.15) is 11.5 Å². The first-order valence-electron chi connectivity index (χ1n) is 5.08. The number of imidazole rings is 1. The second-order valence-corrected chi connectivity index (χ2v) is 4.02. The van der Waals surface area contributed by atoms with Crippen LogP contribution in [0.4, 0.5) is 0 Å². The second-order valence-electron chi connectivity index (χ2n) is 4.02. The summed E-state index contributed by atoms with van der Waals surface area (Å²) in [6, 6.07) is 5.90. The summed E-state index contributed by atoms with van der Waals surface area (Å²) in [5.74, 6) is 1.26. The Morgan fingerprint density at radius 1 is 1.40 bits per heavy atom. The number of aryl methyl sites for hydroxylation is 1. The predicted molar refractivity (Wildman–Crippen MR) is 59.4 cm³/mol. The van der Waals surface area contributed by atoms with E-state index in [-0.39, 0.29) is 0 Å². The molecule has 0 N–H and O–H groups in total. The highest BCUT2D eigenvalue weighted by Crippen LogP contribution is 2.20. The molecule has 78 valence electrons. The Labute approximate surface area is 88.8 Å². The minimum atomic E-state index is 0.312. The molecule has 0 amide bonds. The lowest BCUT2D eigenvalue weighted by Gasteiger charge is -2.06. The Morgan fingerprint density at radius 2 is 2.13 bits per heavy atom. The summed E-state index contributed by atoms with van der Waals surface area (Å²) in [6.07, 6.45) is 0.820. The second kappa shape index (κ2) is 3.50. The van der Waals surface area contributed by atoms with E-state index < -0.39 is 0 Å². The Kier molecular flexibility index (Phi) is 2.31. The fraction of sp³-hybridized carbons (Fsp3) is 0.333. The van der Waals surface area contributed by atoms with Crippen molar-refractivity contribution in [3.63, 3.8) is 0 Å². The lowest BCUT2D eigenvalue weighted by molar-refractivity contribution is 0.112. The Morgan fingerprint density at radius 3 is 2.73 bits per heavy atom. The molecule has 0 aliphatic heterocycles. The van der Waals surface area contributed by atoms with Crippen LogP contribution in [0.3, 0.4) is 0 Å². The van der Waals surface area contributed by atoms with Crippen molar-refractivity contribution in [2.45, 2.75) is 26.7 Å². The van der Waals surface area contributed by atoms with Crippen LogP contribution in [0.5, 0.6) is 0 Å². The summed E-state index contributed by atoms with van der Waals surface area (Å²) in [6.45, 7) is 6.18. The zero-order chi connectivity index (χ0) is 11.0. The molecule has 0 atom stereocenters. The maximum atomic E-state index is 10.9. The van der Waals surface area contributed by atoms with Crippen LogP contribution in [0.2, 0.25) is 0 Å². The van der Waals surface area contributed by atoms with E-state index in [1.54, 1.807) is 0 Å². The summed E-state index contributed by atoms with van der Waals surface area (Å²) >= 11 is 0. The molecule has 0 saturated heterocycles. The van der Waals surface area contributed by atoms with Crippen molar-refractivity contribution in [3.8, 4) is 0 Å². The molecule has 0 saturated carbocycles. The van der Waals surface area contributed by atoms with Crippen molar-refractivity contribution >= 4 is 11.8 Å². The van der Waals surface area contributed by atoms with E-state index in [1.165, 1.54) is 0 Å². The lowest BCUT2D eigenvalue weighted by Crippen LogP contribution is -1.99. The van der Waals surface area contributed by atoms with E-state index in [0.29, 0.717) is 11.6 Å². The smallest absolute Gasteiger partial charge is 0.170 e. The topological polar surface area (TPSA) is 34.4 Å². The van der Waals surface area contributed by atoms with E-state index in [9.17, 15) is 4.79 Å². The highest BCUT2D eigenvalue weighted by molar-refractivity contribution is 5.84. The van der Waals surface area contributed by atoms with Gasteiger partial charge in [0.05, 0.1) is 5.52 Å². The number of hydrogen-bond donors (Lipinski definition) is 0. The molecule has 3 heteroatoms. The van der Waals surface area contributed by atoms with E-state index in [0.717, 1.165) is 23.3 Å². The van der Waals surface area contributed by atoms with E-state index in [1.807, 2.05) is 25.1 Å². The number of hydrogen-bond acceptors (Lipinski definition) is 2. The maximum absolute atomic E-state index is 10.9. The molecular weight excluding hydrogens is 188 g/mol. The molecule has 0 aromatic carbocycles. The molecule has 0 bridgehead atoms. The molecule has 15 heavy (non-hydrogen) atoms. The zero-order valence-corrected chi connectivity index (χ0v) is 9.19. The third kappa shape index (κ3) is 1.44. The first-order chi connectivity index (χ1) is 7.15. The van der Waals surface area contributed by atoms with Crippen LogP contribution in [-0.2, 0) is 0 Å². The quantitative estimate of drug-likeness (QED) is 0.701. The molecule has 0 spiro atoms. The molecular formula is C12H14N2O. The summed E-state index contributed by atoms with van der Waals surface area (Å²) < 4.78 is 2.05. The van der Waals surface area contributed by atoms with Crippen molar-refractivity contribution in [2.75, 3.05) is 0 Å². The molecule has 2 aromatic rings. The zero-order valence-electron chi connectivity index (χ0n) is 9.19. The molecule has 2 heterocycles. The molecule has 0 unspecified atom stereocenters. The Bertz CT molecular complexity index is 512. The van der Waals surface area contributed by atoms with E-state index in [4.69, 9.17) is 0 Å². The first-order valence-corrected chi connectivity index (χ1v) is 5.08. The van der Waals surface area contributed by atoms with Crippen molar-refractivity contribution in [1.29, 1.82) is 0 Å². The fourth-order valence-corrected chi connectivity index (χ4v) is 1.83. The highest BCUT2D eigenvalue weighted by Gasteiger charge is 2.13. The number of aromatic nitrogens is 2. The van der Waals surface area contributed by atoms with Crippen LogP contribution in [0.25, 0.3) is 5.52 Å². The Balaban J connectivity index is 2.87. The number of fused-ring (bicyclic) bond motifs is 1. The number of nitrogens with zero attached hydrogens (tertiary/aromatic N) is 2. The molecule has 0 fully saturated rings. The van der Waals surface area contributed by atoms with Crippen LogP contribution in [-0.4, -0.2) is 15.7 Å². The van der Waals surface area contributed by atoms with Crippen LogP contribution < -0.4 is 0 Å². The summed E-state index contributed by atoms with van der Waals surface area (Å²) in [5.41, 5.74) is 2.54. The van der Waals surface area contributed by atoms with Gasteiger partial charge in [-0.2, -0.15) is 0 Å². The molecule has 0 radical (unpaired) electrons. The SMILES string of the molecule is Cc1cccc2c(C=O)nc(C(C)C)n12. The van der Waals surface area contributed by atoms with Crippen LogP contribution >= 0.6 is 0 Å². The average molecular weight is 202 g/mol. The highest BCUT2D eigenvalue weighted by atomic mass is 16.1. The van der Waals surface area contributed by atoms with Crippen LogP contribution in [0.1, 0.15) is 41.8 Å². The number of aldehydes is 1. The van der Waals surface area contributed by atoms with Crippen molar-refractivity contribution < 1.29 is 4.79 Å². The summed E-state index contributed by atoms with van der Waals surface area (Å²) in [7, 11) is 0. The van der Waals surface area contributed by atoms with Crippen molar-refractivity contribution in [3.05, 3.63) is 35.4 Å². The number of rotatable bonds is 2. The Hall–Kier alpha value is -1.64. The number of carbonyl (C=O) groups excluding carboxylic acids is 1. The monoisotopic (exact) mass is 202 g/mol. The molecule has 3 nitrogen and oxygen atoms in total. The van der Waals surface area contributed by atoms with Gasteiger partial charge in [-0.25, -0.2) is 4.98 Å². The van der Waals surface area contributed by atoms with Gasteiger partial charge in [-0.15, -0.1) is 0 Å². The van der Waals surface area contributed by atoms with Crippen LogP contribution in [0.15, 0.2) is 18.2 Å². The minimum Gasteiger partial charge on any atom is -0.300 e. The molecule has 0 aliphatic carbocycles. The first kappa shape index (κ1) is 9.90. The minimum absolute atomic E-state index is 0.312. The summed E-state index contributed by atoms with van der Waals surface area (Å²) in [4.78, 5) is 15.3. The lowest BCUT2D eigenvalue weighted by atomic mass is 10.2. The van der Waals surface area contributed by atoms with Gasteiger partial charge >= 0.3 is 0 Å². The number of pyridine rings is 1. The van der Waals surface area contributed by atoms with Crippen LogP contribution in [0, 0.1) is 6.92 Å². The van der Waals surface area contributed by atoms with Gasteiger partial charge in [0.25, 0.3) is 0 Å². The maximum Gasteiger partial charge on any atom is 0.170 e. The van der Waals surface area contributed by atoms with E-state index in [2.05, 4.69) is 23.2 Å². The third-order valence-corrected chi connectivity index (χ3v) is 2.54. The van der Waals surface area contributed by atoms with Gasteiger partial charge < -0.3 is 4.40 Å². The van der Waals surface area contributed by atoms with Gasteiger partial charge in [-0.1, -0.05) is 19.9 Å². The van der Waals surface area contributed by atoms with Crippen molar-refractivity contribution in [2.24, 2.45) is 0 Å². The fourth-order valence-electron chi connectivity index (χ4n) is 1.83. The molecule has 0 aliphatic rings. The third-order valence-electron chi connectivity index (χ3n) is 2.54. The van der Waals surface area contributed by atoms with Gasteiger partial charge in [0.15, 0.2) is 6.29 Å². The molecule has 2 rings (SSSR count). The van der Waals surface area contributed by atoms with Gasteiger partial charge in [0.2, 0.25) is 0 Å². The average Bonchev–Trinajstić information content (AvgIpc) is 2.58.